The van der Waals surface area contributed by atoms with E-state index in [1.807, 2.05) is 0 Å². The Hall–Kier alpha value is 0.706. The van der Waals surface area contributed by atoms with Crippen molar-refractivity contribution in [2.45, 2.75) is 12.2 Å². The first kappa shape index (κ1) is 24.1. The molecule has 6 N–H and O–H groups in total. The van der Waals surface area contributed by atoms with E-state index in [1.54, 1.807) is 0 Å². The van der Waals surface area contributed by atoms with Crippen LogP contribution in [0.15, 0.2) is 0 Å². The van der Waals surface area contributed by atoms with E-state index in [2.05, 4.69) is 5.90 Å². The van der Waals surface area contributed by atoms with Crippen LogP contribution in [0.3, 0.4) is 0 Å². The number of carbonyl (C=O) groups excluding carboxylic acids is 1. The van der Waals surface area contributed by atoms with Gasteiger partial charge in [0.2, 0.25) is 0 Å². The van der Waals surface area contributed by atoms with E-state index in [0.717, 1.165) is 0 Å². The van der Waals surface area contributed by atoms with Crippen LogP contribution in [-0.4, -0.2) is 44.7 Å². The van der Waals surface area contributed by atoms with Gasteiger partial charge in [-0.05, 0) is 0 Å². The Morgan fingerprint density at radius 1 is 1.14 bits per heavy atom. The van der Waals surface area contributed by atoms with E-state index >= 15 is 0 Å². The molecule has 0 rings (SSSR count). The average molecular weight is 258 g/mol. The molecule has 2 unspecified atom stereocenters. The molecule has 2 atom stereocenters. The van der Waals surface area contributed by atoms with Gasteiger partial charge in [0.1, 0.15) is 6.10 Å². The maximum absolute atomic E-state index is 9.74. The van der Waals surface area contributed by atoms with Crippen molar-refractivity contribution in [3.63, 3.8) is 0 Å². The molecular weight excluding hydrogens is 249 g/mol. The first-order chi connectivity index (χ1) is 5.46. The molecule has 0 aliphatic carbocycles. The van der Waals surface area contributed by atoms with Gasteiger partial charge in [-0.1, -0.05) is 0 Å². The number of aliphatic hydroxyl groups is 2. The molecule has 80 valence electrons. The summed E-state index contributed by atoms with van der Waals surface area (Å²) in [6.07, 6.45) is -4.71. The Morgan fingerprint density at radius 3 is 1.50 bits per heavy atom. The van der Waals surface area contributed by atoms with E-state index in [1.165, 1.54) is 0 Å². The van der Waals surface area contributed by atoms with Crippen molar-refractivity contribution in [1.82, 2.24) is 0 Å². The number of hydrogen-bond donors (Lipinski definition) is 5. The third kappa shape index (κ3) is 10.8. The Bertz CT molecular complexity index is 150. The van der Waals surface area contributed by atoms with E-state index in [4.69, 9.17) is 20.5 Å². The molecule has 0 fully saturated rings. The number of aliphatic carboxylic acids is 2. The van der Waals surface area contributed by atoms with Crippen molar-refractivity contribution in [3.8, 4) is 0 Å². The normalized spacial score (nSPS) is 11.7. The van der Waals surface area contributed by atoms with Crippen LogP contribution in [0.2, 0.25) is 0 Å². The quantitative estimate of drug-likeness (QED) is 0.246. The SMILES string of the molecule is Cl.NO.O=C([O-])C(O)C(O)C(=O)O.[K+]. The number of halogens is 1. The molecule has 0 saturated heterocycles. The number of aliphatic hydroxyl groups excluding tert-OH is 2. The van der Waals surface area contributed by atoms with E-state index < -0.39 is 24.1 Å². The minimum Gasteiger partial charge on any atom is -0.547 e. The minimum absolute atomic E-state index is 0. The van der Waals surface area contributed by atoms with Gasteiger partial charge in [-0.25, -0.2) is 10.7 Å². The van der Waals surface area contributed by atoms with Crippen LogP contribution in [0.5, 0.6) is 0 Å². The van der Waals surface area contributed by atoms with Crippen molar-refractivity contribution in [2.24, 2.45) is 5.90 Å². The van der Waals surface area contributed by atoms with Crippen molar-refractivity contribution >= 4 is 24.3 Å². The molecule has 0 radical (unpaired) electrons. The topological polar surface area (TPSA) is 164 Å². The Balaban J connectivity index is -0.000000117. The van der Waals surface area contributed by atoms with Crippen LogP contribution in [-0.2, 0) is 9.59 Å². The fourth-order valence-corrected chi connectivity index (χ4v) is 0.264. The maximum atomic E-state index is 9.74. The van der Waals surface area contributed by atoms with Gasteiger partial charge in [-0.3, -0.25) is 0 Å². The van der Waals surface area contributed by atoms with Crippen LogP contribution in [0.1, 0.15) is 0 Å². The Kier molecular flexibility index (Phi) is 23.6. The zero-order valence-corrected chi connectivity index (χ0v) is 11.1. The molecule has 0 amide bonds. The van der Waals surface area contributed by atoms with Gasteiger partial charge in [0.05, 0.1) is 5.97 Å². The minimum atomic E-state index is -2.38. The number of carboxylic acids is 2. The van der Waals surface area contributed by atoms with Gasteiger partial charge in [0.15, 0.2) is 6.10 Å². The average Bonchev–Trinajstić information content (AvgIpc) is 2.05. The summed E-state index contributed by atoms with van der Waals surface area (Å²) in [6, 6.07) is 0. The zero-order chi connectivity index (χ0) is 10.3. The largest absolute Gasteiger partial charge is 1.00 e. The molecule has 8 nitrogen and oxygen atoms in total. The number of hydrogen-bond acceptors (Lipinski definition) is 7. The van der Waals surface area contributed by atoms with E-state index in [-0.39, 0.29) is 63.8 Å². The van der Waals surface area contributed by atoms with Gasteiger partial charge < -0.3 is 30.4 Å². The summed E-state index contributed by atoms with van der Waals surface area (Å²) in [5, 5.41) is 40.6. The molecule has 0 aromatic carbocycles. The molecule has 0 aromatic rings. The third-order valence-electron chi connectivity index (χ3n) is 0.794. The van der Waals surface area contributed by atoms with Gasteiger partial charge in [0.25, 0.3) is 0 Å². The van der Waals surface area contributed by atoms with Gasteiger partial charge in [0, 0.05) is 0 Å². The first-order valence-electron chi connectivity index (χ1n) is 2.52. The molecule has 10 heteroatoms. The van der Waals surface area contributed by atoms with Crippen LogP contribution >= 0.6 is 12.4 Å². The maximum Gasteiger partial charge on any atom is 1.00 e. The van der Waals surface area contributed by atoms with Crippen LogP contribution in [0.4, 0.5) is 0 Å². The summed E-state index contributed by atoms with van der Waals surface area (Å²) < 4.78 is 0. The van der Waals surface area contributed by atoms with Crippen LogP contribution in [0, 0.1) is 0 Å². The molecule has 0 aliphatic rings. The summed E-state index contributed by atoms with van der Waals surface area (Å²) in [5.41, 5.74) is 0. The molecule has 14 heavy (non-hydrogen) atoms. The van der Waals surface area contributed by atoms with E-state index in [9.17, 15) is 14.7 Å². The van der Waals surface area contributed by atoms with Gasteiger partial charge in [-0.15, -0.1) is 12.4 Å². The van der Waals surface area contributed by atoms with Gasteiger partial charge >= 0.3 is 57.4 Å². The summed E-state index contributed by atoms with van der Waals surface area (Å²) in [4.78, 5) is 19.4. The zero-order valence-electron chi connectivity index (χ0n) is 7.15. The smallest absolute Gasteiger partial charge is 0.547 e. The van der Waals surface area contributed by atoms with Crippen molar-refractivity contribution < 1.29 is 86.6 Å². The van der Waals surface area contributed by atoms with Crippen LogP contribution < -0.4 is 62.4 Å². The Morgan fingerprint density at radius 2 is 1.43 bits per heavy atom. The standard InChI is InChI=1S/C4H6O6.ClH.K.H3NO/c5-1(3(7)8)2(6)4(9)10;;;1-2/h1-2,5-6H,(H,7,8)(H,9,10);1H;;2H,1H2/q;;+1;/p-1. The molecular formula is C4H9ClKNO7. The van der Waals surface area contributed by atoms with Crippen LogP contribution in [0.25, 0.3) is 0 Å². The molecule has 0 spiro atoms. The number of carbonyl (C=O) groups is 2. The Labute approximate surface area is 128 Å². The monoisotopic (exact) mass is 257 g/mol. The molecule has 0 aliphatic heterocycles. The summed E-state index contributed by atoms with van der Waals surface area (Å²) >= 11 is 0. The number of rotatable bonds is 3. The second kappa shape index (κ2) is 13.7. The first-order valence-corrected chi connectivity index (χ1v) is 2.52. The predicted octanol–water partition coefficient (Wildman–Crippen LogP) is -6.70. The second-order valence-electron chi connectivity index (χ2n) is 1.55. The number of carboxylic acid groups (broad SMARTS) is 2. The third-order valence-corrected chi connectivity index (χ3v) is 0.794. The van der Waals surface area contributed by atoms with Crippen molar-refractivity contribution in [1.29, 1.82) is 0 Å². The van der Waals surface area contributed by atoms with Crippen molar-refractivity contribution in [2.75, 3.05) is 0 Å². The fraction of sp³-hybridized carbons (Fsp3) is 0.500. The predicted molar refractivity (Wildman–Crippen MR) is 37.9 cm³/mol. The molecule has 0 aromatic heterocycles. The molecule has 0 saturated carbocycles. The fourth-order valence-electron chi connectivity index (χ4n) is 0.264. The summed E-state index contributed by atoms with van der Waals surface area (Å²) in [6.45, 7) is 0. The summed E-state index contributed by atoms with van der Waals surface area (Å²) in [5.74, 6) is -0.327. The van der Waals surface area contributed by atoms with Crippen molar-refractivity contribution in [3.05, 3.63) is 0 Å². The molecule has 0 heterocycles. The number of nitrogens with two attached hydrogens (primary N) is 1. The summed E-state index contributed by atoms with van der Waals surface area (Å²) in [7, 11) is 0. The second-order valence-corrected chi connectivity index (χ2v) is 1.55. The van der Waals surface area contributed by atoms with E-state index in [0.29, 0.717) is 0 Å². The van der Waals surface area contributed by atoms with Gasteiger partial charge in [-0.2, -0.15) is 0 Å². The molecule has 0 bridgehead atoms.